The van der Waals surface area contributed by atoms with E-state index in [-0.39, 0.29) is 10.8 Å². The molecule has 0 aliphatic heterocycles. The van der Waals surface area contributed by atoms with Gasteiger partial charge in [-0.3, -0.25) is 0 Å². The van der Waals surface area contributed by atoms with Crippen LogP contribution in [0.15, 0.2) is 30.3 Å². The number of hydrogen-bond donors (Lipinski definition) is 3. The third-order valence-electron chi connectivity index (χ3n) is 2.50. The summed E-state index contributed by atoms with van der Waals surface area (Å²) < 4.78 is 0. The molecule has 0 saturated heterocycles. The SMILES string of the molecule is CC(O)CNc1nc(-c2ccccc2)nc(Cl)c1N. The molecule has 4 N–H and O–H groups in total. The molecule has 6 heteroatoms. The van der Waals surface area contributed by atoms with Crippen molar-refractivity contribution in [1.82, 2.24) is 9.97 Å². The molecule has 5 nitrogen and oxygen atoms in total. The van der Waals surface area contributed by atoms with Crippen LogP contribution in [-0.4, -0.2) is 27.7 Å². The van der Waals surface area contributed by atoms with Crippen LogP contribution in [0.3, 0.4) is 0 Å². The molecule has 1 atom stereocenters. The average molecular weight is 279 g/mol. The molecule has 2 rings (SSSR count). The monoisotopic (exact) mass is 278 g/mol. The molecule has 100 valence electrons. The minimum absolute atomic E-state index is 0.196. The fourth-order valence-corrected chi connectivity index (χ4v) is 1.71. The van der Waals surface area contributed by atoms with Crippen molar-refractivity contribution in [2.75, 3.05) is 17.6 Å². The molecule has 1 heterocycles. The first-order chi connectivity index (χ1) is 9.08. The number of rotatable bonds is 4. The van der Waals surface area contributed by atoms with Crippen LogP contribution in [0.5, 0.6) is 0 Å². The van der Waals surface area contributed by atoms with Crippen molar-refractivity contribution >= 4 is 23.1 Å². The molecule has 0 aliphatic carbocycles. The topological polar surface area (TPSA) is 84.1 Å². The van der Waals surface area contributed by atoms with Gasteiger partial charge in [-0.15, -0.1) is 0 Å². The van der Waals surface area contributed by atoms with Gasteiger partial charge in [-0.05, 0) is 6.92 Å². The van der Waals surface area contributed by atoms with Crippen molar-refractivity contribution in [3.8, 4) is 11.4 Å². The first-order valence-electron chi connectivity index (χ1n) is 5.88. The van der Waals surface area contributed by atoms with E-state index in [0.717, 1.165) is 5.56 Å². The fraction of sp³-hybridized carbons (Fsp3) is 0.231. The summed E-state index contributed by atoms with van der Waals surface area (Å²) in [6.07, 6.45) is -0.506. The molecule has 0 bridgehead atoms. The van der Waals surface area contributed by atoms with E-state index in [2.05, 4.69) is 15.3 Å². The molecule has 2 aromatic rings. The predicted molar refractivity (Wildman–Crippen MR) is 77.1 cm³/mol. The minimum Gasteiger partial charge on any atom is -0.393 e. The summed E-state index contributed by atoms with van der Waals surface area (Å²) in [5.41, 5.74) is 6.95. The molecule has 0 spiro atoms. The molecule has 0 radical (unpaired) electrons. The van der Waals surface area contributed by atoms with Gasteiger partial charge >= 0.3 is 0 Å². The Labute approximate surface area is 116 Å². The summed E-state index contributed by atoms with van der Waals surface area (Å²) in [6.45, 7) is 2.01. The second kappa shape index (κ2) is 5.86. The van der Waals surface area contributed by atoms with Crippen LogP contribution in [0.4, 0.5) is 11.5 Å². The van der Waals surface area contributed by atoms with Gasteiger partial charge in [-0.25, -0.2) is 9.97 Å². The van der Waals surface area contributed by atoms with Gasteiger partial charge < -0.3 is 16.2 Å². The Hall–Kier alpha value is -1.85. The van der Waals surface area contributed by atoms with Gasteiger partial charge in [0.25, 0.3) is 0 Å². The highest BCUT2D eigenvalue weighted by molar-refractivity contribution is 6.32. The van der Waals surface area contributed by atoms with Gasteiger partial charge in [0.15, 0.2) is 16.8 Å². The number of anilines is 2. The van der Waals surface area contributed by atoms with Crippen molar-refractivity contribution in [2.24, 2.45) is 0 Å². The van der Waals surface area contributed by atoms with E-state index in [4.69, 9.17) is 17.3 Å². The summed E-state index contributed by atoms with van der Waals surface area (Å²) in [5, 5.41) is 12.4. The second-order valence-corrected chi connectivity index (χ2v) is 4.55. The lowest BCUT2D eigenvalue weighted by Crippen LogP contribution is -2.17. The van der Waals surface area contributed by atoms with Gasteiger partial charge in [0, 0.05) is 12.1 Å². The highest BCUT2D eigenvalue weighted by Crippen LogP contribution is 2.27. The van der Waals surface area contributed by atoms with Crippen molar-refractivity contribution < 1.29 is 5.11 Å². The number of hydrogen-bond acceptors (Lipinski definition) is 5. The number of nitrogens with one attached hydrogen (secondary N) is 1. The van der Waals surface area contributed by atoms with E-state index in [9.17, 15) is 5.11 Å². The van der Waals surface area contributed by atoms with Crippen molar-refractivity contribution in [1.29, 1.82) is 0 Å². The van der Waals surface area contributed by atoms with E-state index < -0.39 is 6.10 Å². The van der Waals surface area contributed by atoms with Crippen LogP contribution in [0.1, 0.15) is 6.92 Å². The maximum atomic E-state index is 9.28. The minimum atomic E-state index is -0.506. The summed E-state index contributed by atoms with van der Waals surface area (Å²) in [6, 6.07) is 9.48. The third-order valence-corrected chi connectivity index (χ3v) is 2.78. The lowest BCUT2D eigenvalue weighted by Gasteiger charge is -2.12. The Morgan fingerprint density at radius 3 is 2.63 bits per heavy atom. The Balaban J connectivity index is 2.36. The third kappa shape index (κ3) is 3.33. The van der Waals surface area contributed by atoms with E-state index in [0.29, 0.717) is 18.2 Å². The van der Waals surface area contributed by atoms with Crippen LogP contribution in [0.2, 0.25) is 5.15 Å². The summed E-state index contributed by atoms with van der Waals surface area (Å²) in [7, 11) is 0. The van der Waals surface area contributed by atoms with Gasteiger partial charge in [-0.1, -0.05) is 41.9 Å². The van der Waals surface area contributed by atoms with Gasteiger partial charge in [0.2, 0.25) is 0 Å². The maximum absolute atomic E-state index is 9.28. The second-order valence-electron chi connectivity index (χ2n) is 4.20. The summed E-state index contributed by atoms with van der Waals surface area (Å²) >= 11 is 6.01. The molecule has 1 unspecified atom stereocenters. The maximum Gasteiger partial charge on any atom is 0.163 e. The zero-order chi connectivity index (χ0) is 13.8. The van der Waals surface area contributed by atoms with Crippen LogP contribution >= 0.6 is 11.6 Å². The number of aliphatic hydroxyl groups is 1. The molecule has 0 amide bonds. The fourth-order valence-electron chi connectivity index (χ4n) is 1.54. The number of aromatic nitrogens is 2. The Kier molecular flexibility index (Phi) is 4.19. The van der Waals surface area contributed by atoms with Crippen molar-refractivity contribution in [2.45, 2.75) is 13.0 Å². The molecular formula is C13H15ClN4O. The smallest absolute Gasteiger partial charge is 0.163 e. The van der Waals surface area contributed by atoms with Crippen LogP contribution in [0, 0.1) is 0 Å². The number of halogens is 1. The number of benzene rings is 1. The average Bonchev–Trinajstić information content (AvgIpc) is 2.41. The molecular weight excluding hydrogens is 264 g/mol. The molecule has 0 aliphatic rings. The Bertz CT molecular complexity index is 560. The Morgan fingerprint density at radius 2 is 2.00 bits per heavy atom. The summed E-state index contributed by atoms with van der Waals surface area (Å²) in [4.78, 5) is 8.49. The molecule has 19 heavy (non-hydrogen) atoms. The lowest BCUT2D eigenvalue weighted by molar-refractivity contribution is 0.208. The molecule has 0 saturated carbocycles. The standard InChI is InChI=1S/C13H15ClN4O/c1-8(19)7-16-13-10(15)11(14)17-12(18-13)9-5-3-2-4-6-9/h2-6,8,19H,7,15H2,1H3,(H,16,17,18). The summed E-state index contributed by atoms with van der Waals surface area (Å²) in [5.74, 6) is 0.924. The first-order valence-corrected chi connectivity index (χ1v) is 6.26. The van der Waals surface area contributed by atoms with Gasteiger partial charge in [-0.2, -0.15) is 0 Å². The normalized spacial score (nSPS) is 12.2. The Morgan fingerprint density at radius 1 is 1.32 bits per heavy atom. The van der Waals surface area contributed by atoms with Crippen molar-refractivity contribution in [3.05, 3.63) is 35.5 Å². The highest BCUT2D eigenvalue weighted by atomic mass is 35.5. The van der Waals surface area contributed by atoms with E-state index in [1.807, 2.05) is 30.3 Å². The predicted octanol–water partition coefficient (Wildman–Crippen LogP) is 2.17. The zero-order valence-electron chi connectivity index (χ0n) is 10.5. The van der Waals surface area contributed by atoms with E-state index >= 15 is 0 Å². The molecule has 0 fully saturated rings. The number of nitrogens with two attached hydrogens (primary N) is 1. The highest BCUT2D eigenvalue weighted by Gasteiger charge is 2.11. The van der Waals surface area contributed by atoms with Crippen LogP contribution < -0.4 is 11.1 Å². The van der Waals surface area contributed by atoms with Gasteiger partial charge in [0.05, 0.1) is 6.10 Å². The lowest BCUT2D eigenvalue weighted by atomic mass is 10.2. The van der Waals surface area contributed by atoms with Gasteiger partial charge in [0.1, 0.15) is 5.69 Å². The quantitative estimate of drug-likeness (QED) is 0.747. The molecule has 1 aromatic heterocycles. The van der Waals surface area contributed by atoms with E-state index in [1.165, 1.54) is 0 Å². The van der Waals surface area contributed by atoms with Crippen LogP contribution in [0.25, 0.3) is 11.4 Å². The molecule has 1 aromatic carbocycles. The zero-order valence-corrected chi connectivity index (χ0v) is 11.2. The first kappa shape index (κ1) is 13.6. The van der Waals surface area contributed by atoms with Crippen LogP contribution in [-0.2, 0) is 0 Å². The largest absolute Gasteiger partial charge is 0.393 e. The number of nitrogen functional groups attached to an aromatic ring is 1. The van der Waals surface area contributed by atoms with E-state index in [1.54, 1.807) is 6.92 Å². The number of aliphatic hydroxyl groups excluding tert-OH is 1. The van der Waals surface area contributed by atoms with Crippen molar-refractivity contribution in [3.63, 3.8) is 0 Å². The number of nitrogens with zero attached hydrogens (tertiary/aromatic N) is 2.